The van der Waals surface area contributed by atoms with Crippen LogP contribution in [0.2, 0.25) is 0 Å². The molecule has 3 rings (SSSR count). The summed E-state index contributed by atoms with van der Waals surface area (Å²) in [4.78, 5) is 20.6. The topological polar surface area (TPSA) is 77.5 Å². The number of carbonyl (C=O) groups is 1. The number of hydrogen-bond donors (Lipinski definition) is 1. The fourth-order valence-corrected chi connectivity index (χ4v) is 2.33. The summed E-state index contributed by atoms with van der Waals surface area (Å²) in [6.45, 7) is -0.392. The number of furan rings is 1. The number of aromatic nitrogens is 2. The van der Waals surface area contributed by atoms with Gasteiger partial charge in [-0.05, 0) is 37.8 Å². The normalized spacial score (nSPS) is 14.1. The smallest absolute Gasteiger partial charge is 0.344 e. The lowest BCUT2D eigenvalue weighted by atomic mass is 10.0. The molecule has 0 bridgehead atoms. The van der Waals surface area contributed by atoms with Gasteiger partial charge in [-0.3, -0.25) is 0 Å². The third-order valence-electron chi connectivity index (χ3n) is 3.15. The molecule has 0 atom stereocenters. The van der Waals surface area contributed by atoms with Gasteiger partial charge in [0, 0.05) is 0 Å². The number of aliphatic carboxylic acids is 1. The maximum Gasteiger partial charge on any atom is 0.344 e. The van der Waals surface area contributed by atoms with Gasteiger partial charge in [-0.1, -0.05) is 0 Å². The van der Waals surface area contributed by atoms with Crippen LogP contribution in [0.25, 0.3) is 11.6 Å². The van der Waals surface area contributed by atoms with E-state index in [4.69, 9.17) is 14.4 Å². The highest BCUT2D eigenvalue weighted by molar-refractivity contribution is 5.68. The van der Waals surface area contributed by atoms with Crippen molar-refractivity contribution in [3.63, 3.8) is 0 Å². The average molecular weight is 262 g/mol. The summed E-state index contributed by atoms with van der Waals surface area (Å²) in [5, 5.41) is 8.76. The Morgan fingerprint density at radius 2 is 2.32 bits per heavy atom. The van der Waals surface area contributed by atoms with E-state index >= 15 is 0 Å². The largest absolute Gasteiger partial charge is 0.479 e. The van der Waals surface area contributed by atoms with Crippen molar-refractivity contribution in [2.24, 2.45) is 0 Å². The van der Waals surface area contributed by atoms with Gasteiger partial charge in [-0.2, -0.15) is 4.73 Å². The van der Waals surface area contributed by atoms with Crippen LogP contribution in [0, 0.1) is 0 Å². The van der Waals surface area contributed by atoms with Gasteiger partial charge in [0.05, 0.1) is 17.7 Å². The molecule has 2 heterocycles. The Morgan fingerprint density at radius 3 is 3.05 bits per heavy atom. The Bertz CT molecular complexity index is 586. The van der Waals surface area contributed by atoms with Gasteiger partial charge in [-0.25, -0.2) is 9.78 Å². The first-order valence-corrected chi connectivity index (χ1v) is 6.25. The zero-order valence-electron chi connectivity index (χ0n) is 10.3. The lowest BCUT2D eigenvalue weighted by molar-refractivity contribution is -0.142. The van der Waals surface area contributed by atoms with Gasteiger partial charge >= 0.3 is 5.97 Å². The molecular formula is C13H14N2O4. The molecule has 0 saturated heterocycles. The molecular weight excluding hydrogens is 248 g/mol. The fourth-order valence-electron chi connectivity index (χ4n) is 2.33. The van der Waals surface area contributed by atoms with E-state index in [-0.39, 0.29) is 0 Å². The van der Waals surface area contributed by atoms with E-state index in [1.54, 1.807) is 18.4 Å². The predicted octanol–water partition coefficient (Wildman–Crippen LogP) is 1.54. The van der Waals surface area contributed by atoms with E-state index in [1.165, 1.54) is 4.73 Å². The molecule has 100 valence electrons. The number of carboxylic acids is 1. The van der Waals surface area contributed by atoms with Crippen LogP contribution in [0.4, 0.5) is 0 Å². The molecule has 0 fully saturated rings. The van der Waals surface area contributed by atoms with E-state index < -0.39 is 12.6 Å². The molecule has 1 aliphatic carbocycles. The Morgan fingerprint density at radius 1 is 1.47 bits per heavy atom. The molecule has 0 amide bonds. The highest BCUT2D eigenvalue weighted by Crippen LogP contribution is 2.27. The second-order valence-electron chi connectivity index (χ2n) is 4.47. The van der Waals surface area contributed by atoms with Gasteiger partial charge in [0.2, 0.25) is 12.4 Å². The third-order valence-corrected chi connectivity index (χ3v) is 3.15. The summed E-state index contributed by atoms with van der Waals surface area (Å²) in [5.74, 6) is 0.113. The zero-order chi connectivity index (χ0) is 13.2. The van der Waals surface area contributed by atoms with Crippen LogP contribution in [-0.4, -0.2) is 27.4 Å². The Kier molecular flexibility index (Phi) is 2.98. The molecule has 2 aromatic heterocycles. The van der Waals surface area contributed by atoms with Crippen LogP contribution in [0.1, 0.15) is 24.2 Å². The lowest BCUT2D eigenvalue weighted by Crippen LogP contribution is -2.22. The second-order valence-corrected chi connectivity index (χ2v) is 4.47. The molecule has 0 unspecified atom stereocenters. The maximum absolute atomic E-state index is 10.7. The second kappa shape index (κ2) is 4.79. The maximum atomic E-state index is 10.7. The van der Waals surface area contributed by atoms with Crippen molar-refractivity contribution < 1.29 is 19.2 Å². The number of rotatable bonds is 4. The summed E-state index contributed by atoms with van der Waals surface area (Å²) in [5.41, 5.74) is 1.93. The molecule has 0 spiro atoms. The number of fused-ring (bicyclic) bond motifs is 1. The molecule has 19 heavy (non-hydrogen) atoms. The molecule has 2 aromatic rings. The summed E-state index contributed by atoms with van der Waals surface area (Å²) >= 11 is 0. The van der Waals surface area contributed by atoms with Crippen molar-refractivity contribution in [2.75, 3.05) is 6.61 Å². The van der Waals surface area contributed by atoms with Crippen molar-refractivity contribution in [2.45, 2.75) is 25.7 Å². The van der Waals surface area contributed by atoms with Crippen LogP contribution >= 0.6 is 0 Å². The Hall–Kier alpha value is -2.24. The van der Waals surface area contributed by atoms with Crippen LogP contribution in [0.3, 0.4) is 0 Å². The lowest BCUT2D eigenvalue weighted by Gasteiger charge is -2.14. The predicted molar refractivity (Wildman–Crippen MR) is 65.7 cm³/mol. The summed E-state index contributed by atoms with van der Waals surface area (Å²) in [6.07, 6.45) is 5.47. The minimum absolute atomic E-state index is 0.392. The molecule has 1 aliphatic rings. The van der Waals surface area contributed by atoms with Crippen molar-refractivity contribution >= 4 is 5.97 Å². The number of carboxylic acid groups (broad SMARTS) is 1. The number of nitrogens with zero attached hydrogens (tertiary/aromatic N) is 2. The third kappa shape index (κ3) is 2.21. The number of imidazole rings is 1. The summed E-state index contributed by atoms with van der Waals surface area (Å²) in [7, 11) is 0. The van der Waals surface area contributed by atoms with E-state index in [9.17, 15) is 4.79 Å². The Balaban J connectivity index is 2.02. The standard InChI is InChI=1S/C13H14N2O4/c16-12(17)8-19-15-10-5-2-1-4-9(10)14-13(15)11-6-3-7-18-11/h3,6-7H,1-2,4-5,8H2,(H,16,17). The quantitative estimate of drug-likeness (QED) is 0.904. The molecule has 0 aromatic carbocycles. The minimum Gasteiger partial charge on any atom is -0.479 e. The van der Waals surface area contributed by atoms with Crippen LogP contribution in [0.5, 0.6) is 0 Å². The van der Waals surface area contributed by atoms with E-state index in [1.807, 2.05) is 0 Å². The molecule has 1 N–H and O–H groups in total. The zero-order valence-corrected chi connectivity index (χ0v) is 10.3. The van der Waals surface area contributed by atoms with Gasteiger partial charge in [0.1, 0.15) is 0 Å². The molecule has 0 radical (unpaired) electrons. The highest BCUT2D eigenvalue weighted by Gasteiger charge is 2.23. The summed E-state index contributed by atoms with van der Waals surface area (Å²) < 4.78 is 6.85. The molecule has 6 heteroatoms. The monoisotopic (exact) mass is 262 g/mol. The average Bonchev–Trinajstić information content (AvgIpc) is 3.03. The summed E-state index contributed by atoms with van der Waals surface area (Å²) in [6, 6.07) is 3.55. The van der Waals surface area contributed by atoms with Gasteiger partial charge < -0.3 is 14.4 Å². The van der Waals surface area contributed by atoms with Gasteiger partial charge in [0.25, 0.3) is 0 Å². The number of hydrogen-bond acceptors (Lipinski definition) is 4. The minimum atomic E-state index is -1.01. The molecule has 0 aliphatic heterocycles. The van der Waals surface area contributed by atoms with Crippen molar-refractivity contribution in [1.29, 1.82) is 0 Å². The van der Waals surface area contributed by atoms with Crippen LogP contribution in [-0.2, 0) is 17.6 Å². The SMILES string of the molecule is O=C(O)COn1c(-c2ccco2)nc2c1CCCC2. The van der Waals surface area contributed by atoms with Crippen molar-refractivity contribution in [1.82, 2.24) is 9.71 Å². The van der Waals surface area contributed by atoms with Crippen molar-refractivity contribution in [3.8, 4) is 11.6 Å². The fraction of sp³-hybridized carbons (Fsp3) is 0.385. The van der Waals surface area contributed by atoms with E-state index in [2.05, 4.69) is 4.98 Å². The van der Waals surface area contributed by atoms with Crippen LogP contribution < -0.4 is 4.84 Å². The molecule has 6 nitrogen and oxygen atoms in total. The van der Waals surface area contributed by atoms with Gasteiger partial charge in [-0.15, -0.1) is 0 Å². The Labute approximate surface area is 109 Å². The highest BCUT2D eigenvalue weighted by atomic mass is 16.7. The van der Waals surface area contributed by atoms with Crippen LogP contribution in [0.15, 0.2) is 22.8 Å². The van der Waals surface area contributed by atoms with Gasteiger partial charge in [0.15, 0.2) is 5.76 Å². The molecule has 0 saturated carbocycles. The number of aryl methyl sites for hydroxylation is 1. The first kappa shape index (κ1) is 11.8. The van der Waals surface area contributed by atoms with Crippen molar-refractivity contribution in [3.05, 3.63) is 29.8 Å². The first-order valence-electron chi connectivity index (χ1n) is 6.25. The van der Waals surface area contributed by atoms with E-state index in [0.29, 0.717) is 11.6 Å². The van der Waals surface area contributed by atoms with E-state index in [0.717, 1.165) is 37.1 Å². The first-order chi connectivity index (χ1) is 9.25.